The van der Waals surface area contributed by atoms with E-state index in [1.165, 1.54) is 6.07 Å². The Hall–Kier alpha value is -0.810. The van der Waals surface area contributed by atoms with Crippen LogP contribution in [0.5, 0.6) is 11.5 Å². The normalized spacial score (nSPS) is 13.3. The Morgan fingerprint density at radius 2 is 2.33 bits per heavy atom. The first-order valence-electron chi connectivity index (χ1n) is 4.65. The summed E-state index contributed by atoms with van der Waals surface area (Å²) in [6, 6.07) is 1.37. The Labute approximate surface area is 95.7 Å². The van der Waals surface area contributed by atoms with Gasteiger partial charge in [0.05, 0.1) is 4.47 Å². The Balaban J connectivity index is 2.37. The molecule has 15 heavy (non-hydrogen) atoms. The number of ether oxygens (including phenoxy) is 2. The van der Waals surface area contributed by atoms with Crippen LogP contribution < -0.4 is 14.8 Å². The first-order valence-corrected chi connectivity index (χ1v) is 5.44. The maximum atomic E-state index is 13.6. The summed E-state index contributed by atoms with van der Waals surface area (Å²) in [4.78, 5) is 0. The molecule has 0 atom stereocenters. The van der Waals surface area contributed by atoms with Crippen molar-refractivity contribution in [2.75, 3.05) is 20.4 Å². The van der Waals surface area contributed by atoms with E-state index in [1.54, 1.807) is 0 Å². The fraction of sp³-hybridized carbons (Fsp3) is 0.400. The zero-order valence-electron chi connectivity index (χ0n) is 8.27. The average molecular weight is 276 g/mol. The van der Waals surface area contributed by atoms with E-state index in [0.29, 0.717) is 28.0 Å². The van der Waals surface area contributed by atoms with Crippen LogP contribution in [0, 0.1) is 5.82 Å². The summed E-state index contributed by atoms with van der Waals surface area (Å²) < 4.78 is 24.7. The number of nitrogens with one attached hydrogen (secondary N) is 1. The summed E-state index contributed by atoms with van der Waals surface area (Å²) in [5.74, 6) is 0.802. The lowest BCUT2D eigenvalue weighted by atomic mass is 10.1. The minimum atomic E-state index is -0.263. The van der Waals surface area contributed by atoms with Crippen molar-refractivity contribution in [3.05, 3.63) is 21.9 Å². The van der Waals surface area contributed by atoms with E-state index in [-0.39, 0.29) is 12.6 Å². The van der Waals surface area contributed by atoms with E-state index < -0.39 is 0 Å². The molecular formula is C10H11BrFNO2. The minimum absolute atomic E-state index is 0.156. The van der Waals surface area contributed by atoms with Crippen LogP contribution in [-0.2, 0) is 6.42 Å². The molecule has 0 saturated heterocycles. The number of hydrogen-bond donors (Lipinski definition) is 1. The fourth-order valence-electron chi connectivity index (χ4n) is 1.49. The van der Waals surface area contributed by atoms with Gasteiger partial charge in [-0.1, -0.05) is 0 Å². The average Bonchev–Trinajstić information content (AvgIpc) is 2.65. The molecule has 0 aromatic heterocycles. The quantitative estimate of drug-likeness (QED) is 0.916. The summed E-state index contributed by atoms with van der Waals surface area (Å²) >= 11 is 3.34. The molecule has 2 rings (SSSR count). The van der Waals surface area contributed by atoms with E-state index >= 15 is 0 Å². The second-order valence-corrected chi connectivity index (χ2v) is 4.03. The lowest BCUT2D eigenvalue weighted by Gasteiger charge is -2.08. The molecule has 1 aromatic rings. The third-order valence-electron chi connectivity index (χ3n) is 2.28. The summed E-state index contributed by atoms with van der Waals surface area (Å²) in [6.07, 6.45) is 0.611. The van der Waals surface area contributed by atoms with Gasteiger partial charge >= 0.3 is 0 Å². The monoisotopic (exact) mass is 275 g/mol. The zero-order chi connectivity index (χ0) is 10.8. The van der Waals surface area contributed by atoms with Gasteiger partial charge in [-0.15, -0.1) is 0 Å². The molecule has 5 heteroatoms. The van der Waals surface area contributed by atoms with Crippen LogP contribution in [0.25, 0.3) is 0 Å². The Kier molecular flexibility index (Phi) is 3.11. The number of benzene rings is 1. The fourth-order valence-corrected chi connectivity index (χ4v) is 2.19. The lowest BCUT2D eigenvalue weighted by Crippen LogP contribution is -2.11. The molecule has 1 aliphatic heterocycles. The third kappa shape index (κ3) is 1.94. The van der Waals surface area contributed by atoms with Gasteiger partial charge in [-0.2, -0.15) is 0 Å². The SMILES string of the molecule is CNCCc1c(F)cc2c(c1Br)OCO2. The van der Waals surface area contributed by atoms with E-state index in [2.05, 4.69) is 21.2 Å². The molecular weight excluding hydrogens is 265 g/mol. The molecule has 0 bridgehead atoms. The predicted octanol–water partition coefficient (Wildman–Crippen LogP) is 2.08. The first-order chi connectivity index (χ1) is 7.24. The van der Waals surface area contributed by atoms with E-state index in [4.69, 9.17) is 9.47 Å². The van der Waals surface area contributed by atoms with Crippen LogP contribution in [0.15, 0.2) is 10.5 Å². The molecule has 1 aliphatic rings. The topological polar surface area (TPSA) is 30.5 Å². The molecule has 82 valence electrons. The Morgan fingerprint density at radius 1 is 1.53 bits per heavy atom. The third-order valence-corrected chi connectivity index (χ3v) is 3.12. The molecule has 1 heterocycles. The maximum absolute atomic E-state index is 13.6. The molecule has 1 N–H and O–H groups in total. The van der Waals surface area contributed by atoms with Gasteiger partial charge in [0.15, 0.2) is 11.5 Å². The molecule has 3 nitrogen and oxygen atoms in total. The van der Waals surface area contributed by atoms with Crippen LogP contribution in [0.1, 0.15) is 5.56 Å². The molecule has 0 fully saturated rings. The van der Waals surface area contributed by atoms with Crippen molar-refractivity contribution in [3.63, 3.8) is 0 Å². The summed E-state index contributed by atoms with van der Waals surface area (Å²) in [5, 5.41) is 2.98. The van der Waals surface area contributed by atoms with Gasteiger partial charge in [0.1, 0.15) is 5.82 Å². The van der Waals surface area contributed by atoms with Crippen molar-refractivity contribution in [1.82, 2.24) is 5.32 Å². The highest BCUT2D eigenvalue weighted by Crippen LogP contribution is 2.42. The van der Waals surface area contributed by atoms with Gasteiger partial charge in [-0.25, -0.2) is 4.39 Å². The highest BCUT2D eigenvalue weighted by atomic mass is 79.9. The van der Waals surface area contributed by atoms with Crippen LogP contribution in [0.2, 0.25) is 0 Å². The van der Waals surface area contributed by atoms with E-state index in [9.17, 15) is 4.39 Å². The van der Waals surface area contributed by atoms with Gasteiger partial charge in [0, 0.05) is 11.6 Å². The molecule has 0 spiro atoms. The van der Waals surface area contributed by atoms with Crippen molar-refractivity contribution >= 4 is 15.9 Å². The van der Waals surface area contributed by atoms with E-state index in [0.717, 1.165) is 6.54 Å². The van der Waals surface area contributed by atoms with Crippen molar-refractivity contribution in [2.45, 2.75) is 6.42 Å². The number of likely N-dealkylation sites (N-methyl/N-ethyl adjacent to an activating group) is 1. The van der Waals surface area contributed by atoms with Crippen LogP contribution in [0.3, 0.4) is 0 Å². The lowest BCUT2D eigenvalue weighted by molar-refractivity contribution is 0.173. The van der Waals surface area contributed by atoms with Crippen molar-refractivity contribution < 1.29 is 13.9 Å². The molecule has 0 amide bonds. The minimum Gasteiger partial charge on any atom is -0.453 e. The largest absolute Gasteiger partial charge is 0.453 e. The Morgan fingerprint density at radius 3 is 3.07 bits per heavy atom. The van der Waals surface area contributed by atoms with Crippen molar-refractivity contribution in [3.8, 4) is 11.5 Å². The second kappa shape index (κ2) is 4.37. The van der Waals surface area contributed by atoms with Crippen molar-refractivity contribution in [2.24, 2.45) is 0 Å². The van der Waals surface area contributed by atoms with Crippen LogP contribution in [-0.4, -0.2) is 20.4 Å². The number of halogens is 2. The first kappa shape index (κ1) is 10.7. The van der Waals surface area contributed by atoms with Gasteiger partial charge in [-0.3, -0.25) is 0 Å². The maximum Gasteiger partial charge on any atom is 0.231 e. The van der Waals surface area contributed by atoms with Gasteiger partial charge in [-0.05, 0) is 35.9 Å². The standard InChI is InChI=1S/C10H11BrFNO2/c1-13-3-2-6-7(12)4-8-10(9(6)11)15-5-14-8/h4,13H,2-3,5H2,1H3. The second-order valence-electron chi connectivity index (χ2n) is 3.24. The van der Waals surface area contributed by atoms with Gasteiger partial charge < -0.3 is 14.8 Å². The highest BCUT2D eigenvalue weighted by Gasteiger charge is 2.22. The molecule has 1 aromatic carbocycles. The van der Waals surface area contributed by atoms with Crippen LogP contribution in [0.4, 0.5) is 4.39 Å². The van der Waals surface area contributed by atoms with Gasteiger partial charge in [0.2, 0.25) is 6.79 Å². The summed E-state index contributed by atoms with van der Waals surface area (Å²) in [5.41, 5.74) is 0.619. The summed E-state index contributed by atoms with van der Waals surface area (Å²) in [6.45, 7) is 0.873. The molecule has 0 radical (unpaired) electrons. The predicted molar refractivity (Wildman–Crippen MR) is 57.9 cm³/mol. The number of rotatable bonds is 3. The highest BCUT2D eigenvalue weighted by molar-refractivity contribution is 9.10. The van der Waals surface area contributed by atoms with Gasteiger partial charge in [0.25, 0.3) is 0 Å². The number of hydrogen-bond acceptors (Lipinski definition) is 3. The molecule has 0 unspecified atom stereocenters. The Bertz CT molecular complexity index is 384. The molecule has 0 aliphatic carbocycles. The smallest absolute Gasteiger partial charge is 0.231 e. The number of fused-ring (bicyclic) bond motifs is 1. The zero-order valence-corrected chi connectivity index (χ0v) is 9.86. The summed E-state index contributed by atoms with van der Waals surface area (Å²) in [7, 11) is 1.83. The van der Waals surface area contributed by atoms with Crippen molar-refractivity contribution in [1.29, 1.82) is 0 Å². The van der Waals surface area contributed by atoms with E-state index in [1.807, 2.05) is 7.05 Å². The van der Waals surface area contributed by atoms with Crippen LogP contribution >= 0.6 is 15.9 Å². The molecule has 0 saturated carbocycles.